The van der Waals surface area contributed by atoms with Gasteiger partial charge in [0.25, 0.3) is 0 Å². The van der Waals surface area contributed by atoms with E-state index in [1.54, 1.807) is 0 Å². The van der Waals surface area contributed by atoms with E-state index in [4.69, 9.17) is 4.74 Å². The van der Waals surface area contributed by atoms with Crippen LogP contribution in [0.3, 0.4) is 0 Å². The highest BCUT2D eigenvalue weighted by Crippen LogP contribution is 2.25. The van der Waals surface area contributed by atoms with E-state index in [0.717, 1.165) is 25.9 Å². The molecule has 10 heavy (non-hydrogen) atoms. The van der Waals surface area contributed by atoms with Crippen molar-refractivity contribution in [3.63, 3.8) is 0 Å². The fraction of sp³-hybridized carbons (Fsp3) is 1.00. The molecule has 1 fully saturated rings. The van der Waals surface area contributed by atoms with Crippen molar-refractivity contribution in [1.82, 2.24) is 0 Å². The van der Waals surface area contributed by atoms with Crippen molar-refractivity contribution in [1.29, 1.82) is 0 Å². The van der Waals surface area contributed by atoms with Gasteiger partial charge in [-0.3, -0.25) is 0 Å². The van der Waals surface area contributed by atoms with Gasteiger partial charge in [0.2, 0.25) is 0 Å². The first-order chi connectivity index (χ1) is 4.67. The molecule has 0 bridgehead atoms. The standard InChI is InChI=1S/C8H16O2/c1-3-8(2,9)7-5-4-6-10-7/h7,9H,3-6H2,1-2H3/t7-,8-/m1/s1. The van der Waals surface area contributed by atoms with Crippen LogP contribution >= 0.6 is 0 Å². The Morgan fingerprint density at radius 2 is 2.40 bits per heavy atom. The van der Waals surface area contributed by atoms with Gasteiger partial charge in [-0.15, -0.1) is 0 Å². The molecule has 0 aromatic heterocycles. The summed E-state index contributed by atoms with van der Waals surface area (Å²) in [6.45, 7) is 4.66. The second-order valence-electron chi connectivity index (χ2n) is 3.21. The Kier molecular flexibility index (Phi) is 2.32. The van der Waals surface area contributed by atoms with Crippen molar-refractivity contribution in [2.75, 3.05) is 6.61 Å². The maximum absolute atomic E-state index is 9.70. The Hall–Kier alpha value is -0.0800. The minimum absolute atomic E-state index is 0.0810. The summed E-state index contributed by atoms with van der Waals surface area (Å²) in [7, 11) is 0. The summed E-state index contributed by atoms with van der Waals surface area (Å²) < 4.78 is 5.36. The van der Waals surface area contributed by atoms with Crippen LogP contribution in [0.2, 0.25) is 0 Å². The molecule has 1 N–H and O–H groups in total. The van der Waals surface area contributed by atoms with Crippen molar-refractivity contribution < 1.29 is 9.84 Å². The maximum atomic E-state index is 9.70. The third-order valence-electron chi connectivity index (χ3n) is 2.34. The van der Waals surface area contributed by atoms with Gasteiger partial charge in [0.15, 0.2) is 0 Å². The summed E-state index contributed by atoms with van der Waals surface area (Å²) in [6.07, 6.45) is 2.97. The molecule has 0 unspecified atom stereocenters. The summed E-state index contributed by atoms with van der Waals surface area (Å²) in [6, 6.07) is 0. The molecule has 2 atom stereocenters. The number of rotatable bonds is 2. The van der Waals surface area contributed by atoms with Crippen LogP contribution in [0, 0.1) is 0 Å². The lowest BCUT2D eigenvalue weighted by Gasteiger charge is -2.27. The molecule has 1 heterocycles. The summed E-state index contributed by atoms with van der Waals surface area (Å²) in [5.41, 5.74) is -0.601. The first-order valence-electron chi connectivity index (χ1n) is 4.01. The van der Waals surface area contributed by atoms with Gasteiger partial charge in [0, 0.05) is 6.61 Å². The molecule has 1 aliphatic rings. The minimum atomic E-state index is -0.601. The number of ether oxygens (including phenoxy) is 1. The molecule has 1 saturated heterocycles. The van der Waals surface area contributed by atoms with Crippen LogP contribution in [-0.4, -0.2) is 23.4 Å². The molecular weight excluding hydrogens is 128 g/mol. The van der Waals surface area contributed by atoms with Gasteiger partial charge in [-0.2, -0.15) is 0 Å². The van der Waals surface area contributed by atoms with Gasteiger partial charge in [-0.1, -0.05) is 6.92 Å². The zero-order chi connectivity index (χ0) is 7.61. The Morgan fingerprint density at radius 3 is 2.80 bits per heavy atom. The van der Waals surface area contributed by atoms with Crippen LogP contribution in [-0.2, 0) is 4.74 Å². The normalized spacial score (nSPS) is 32.1. The summed E-state index contributed by atoms with van der Waals surface area (Å²) in [5.74, 6) is 0. The summed E-state index contributed by atoms with van der Waals surface area (Å²) in [4.78, 5) is 0. The van der Waals surface area contributed by atoms with Gasteiger partial charge in [-0.25, -0.2) is 0 Å². The van der Waals surface area contributed by atoms with Crippen molar-refractivity contribution in [2.24, 2.45) is 0 Å². The Labute approximate surface area is 62.2 Å². The predicted octanol–water partition coefficient (Wildman–Crippen LogP) is 1.33. The second kappa shape index (κ2) is 2.89. The summed E-state index contributed by atoms with van der Waals surface area (Å²) >= 11 is 0. The third-order valence-corrected chi connectivity index (χ3v) is 2.34. The van der Waals surface area contributed by atoms with E-state index in [-0.39, 0.29) is 6.10 Å². The van der Waals surface area contributed by atoms with Crippen LogP contribution in [0.4, 0.5) is 0 Å². The van der Waals surface area contributed by atoms with Crippen molar-refractivity contribution in [3.05, 3.63) is 0 Å². The van der Waals surface area contributed by atoms with E-state index in [2.05, 4.69) is 0 Å². The lowest BCUT2D eigenvalue weighted by atomic mass is 9.94. The SMILES string of the molecule is CC[C@@](C)(O)[C@H]1CCCO1. The first-order valence-corrected chi connectivity index (χ1v) is 4.01. The van der Waals surface area contributed by atoms with Gasteiger partial charge in [0.05, 0.1) is 11.7 Å². The number of hydrogen-bond acceptors (Lipinski definition) is 2. The smallest absolute Gasteiger partial charge is 0.0877 e. The lowest BCUT2D eigenvalue weighted by Crippen LogP contribution is -2.37. The van der Waals surface area contributed by atoms with Crippen LogP contribution in [0.1, 0.15) is 33.1 Å². The molecule has 1 aliphatic heterocycles. The fourth-order valence-electron chi connectivity index (χ4n) is 1.30. The quantitative estimate of drug-likeness (QED) is 0.633. The third kappa shape index (κ3) is 1.50. The van der Waals surface area contributed by atoms with E-state index in [0.29, 0.717) is 0 Å². The fourth-order valence-corrected chi connectivity index (χ4v) is 1.30. The molecule has 1 rings (SSSR count). The van der Waals surface area contributed by atoms with Crippen LogP contribution in [0.5, 0.6) is 0 Å². The van der Waals surface area contributed by atoms with Crippen molar-refractivity contribution in [3.8, 4) is 0 Å². The Bertz CT molecular complexity index is 104. The lowest BCUT2D eigenvalue weighted by molar-refractivity contribution is -0.0743. The van der Waals surface area contributed by atoms with E-state index < -0.39 is 5.60 Å². The molecule has 0 aromatic rings. The molecule has 0 saturated carbocycles. The molecule has 0 aromatic carbocycles. The van der Waals surface area contributed by atoms with Crippen molar-refractivity contribution >= 4 is 0 Å². The topological polar surface area (TPSA) is 29.5 Å². The van der Waals surface area contributed by atoms with E-state index >= 15 is 0 Å². The second-order valence-corrected chi connectivity index (χ2v) is 3.21. The summed E-state index contributed by atoms with van der Waals surface area (Å²) in [5, 5.41) is 9.70. The van der Waals surface area contributed by atoms with Crippen LogP contribution in [0.25, 0.3) is 0 Å². The molecule has 0 spiro atoms. The van der Waals surface area contributed by atoms with Gasteiger partial charge >= 0.3 is 0 Å². The molecule has 0 aliphatic carbocycles. The first kappa shape index (κ1) is 8.02. The van der Waals surface area contributed by atoms with Crippen molar-refractivity contribution in [2.45, 2.75) is 44.8 Å². The van der Waals surface area contributed by atoms with E-state index in [1.807, 2.05) is 13.8 Å². The van der Waals surface area contributed by atoms with Crippen LogP contribution in [0.15, 0.2) is 0 Å². The molecule has 2 nitrogen and oxygen atoms in total. The maximum Gasteiger partial charge on any atom is 0.0877 e. The predicted molar refractivity (Wildman–Crippen MR) is 39.9 cm³/mol. The monoisotopic (exact) mass is 144 g/mol. The zero-order valence-corrected chi connectivity index (χ0v) is 6.76. The average molecular weight is 144 g/mol. The Balaban J connectivity index is 2.45. The molecule has 0 radical (unpaired) electrons. The largest absolute Gasteiger partial charge is 0.387 e. The molecule has 60 valence electrons. The number of aliphatic hydroxyl groups is 1. The average Bonchev–Trinajstić information content (AvgIpc) is 2.38. The zero-order valence-electron chi connectivity index (χ0n) is 6.76. The van der Waals surface area contributed by atoms with Gasteiger partial charge in [0.1, 0.15) is 0 Å². The molecule has 0 amide bonds. The molecule has 2 heteroatoms. The highest BCUT2D eigenvalue weighted by Gasteiger charge is 2.33. The van der Waals surface area contributed by atoms with Crippen LogP contribution < -0.4 is 0 Å². The molecular formula is C8H16O2. The minimum Gasteiger partial charge on any atom is -0.387 e. The number of hydrogen-bond donors (Lipinski definition) is 1. The highest BCUT2D eigenvalue weighted by molar-refractivity contribution is 4.84. The highest BCUT2D eigenvalue weighted by atomic mass is 16.5. The van der Waals surface area contributed by atoms with Gasteiger partial charge < -0.3 is 9.84 Å². The van der Waals surface area contributed by atoms with Gasteiger partial charge in [-0.05, 0) is 26.2 Å². The van der Waals surface area contributed by atoms with E-state index in [1.165, 1.54) is 0 Å². The Morgan fingerprint density at radius 1 is 1.70 bits per heavy atom. The van der Waals surface area contributed by atoms with E-state index in [9.17, 15) is 5.11 Å².